The number of nitrogens with zero attached hydrogens (tertiary/aromatic N) is 2. The van der Waals surface area contributed by atoms with E-state index in [0.717, 1.165) is 20.5 Å². The topological polar surface area (TPSA) is 56.1 Å². The van der Waals surface area contributed by atoms with Gasteiger partial charge in [0.15, 0.2) is 5.82 Å². The van der Waals surface area contributed by atoms with Gasteiger partial charge in [-0.25, -0.2) is 0 Å². The number of ether oxygens (including phenoxy) is 1. The zero-order chi connectivity index (χ0) is 20.4. The van der Waals surface area contributed by atoms with E-state index in [1.54, 1.807) is 41.4 Å². The zero-order valence-electron chi connectivity index (χ0n) is 16.3. The van der Waals surface area contributed by atoms with E-state index in [0.29, 0.717) is 29.3 Å². The molecule has 1 amide bonds. The predicted octanol–water partition coefficient (Wildman–Crippen LogP) is 5.33. The molecule has 2 heterocycles. The van der Waals surface area contributed by atoms with Gasteiger partial charge in [0.25, 0.3) is 5.91 Å². The molecule has 0 saturated heterocycles. The van der Waals surface area contributed by atoms with Gasteiger partial charge in [-0.1, -0.05) is 36.9 Å². The van der Waals surface area contributed by atoms with Crippen LogP contribution in [0.25, 0.3) is 10.1 Å². The van der Waals surface area contributed by atoms with Gasteiger partial charge in [-0.05, 0) is 36.1 Å². The summed E-state index contributed by atoms with van der Waals surface area (Å²) in [4.78, 5) is 13.9. The SMILES string of the molecule is C=C(Cc1ccccc1)Oc1cc(C(=O)Nc2ccn(C)n2)cc2cc(C)sc12. The zero-order valence-corrected chi connectivity index (χ0v) is 17.1. The van der Waals surface area contributed by atoms with Crippen LogP contribution in [0.15, 0.2) is 73.1 Å². The maximum atomic E-state index is 12.8. The van der Waals surface area contributed by atoms with Crippen LogP contribution in [0.2, 0.25) is 0 Å². The average Bonchev–Trinajstić information content (AvgIpc) is 3.26. The lowest BCUT2D eigenvalue weighted by Gasteiger charge is -2.12. The quantitative estimate of drug-likeness (QED) is 0.443. The van der Waals surface area contributed by atoms with Gasteiger partial charge in [-0.2, -0.15) is 5.10 Å². The molecule has 2 aromatic carbocycles. The molecule has 0 saturated carbocycles. The van der Waals surface area contributed by atoms with Crippen LogP contribution in [0.5, 0.6) is 5.75 Å². The fourth-order valence-corrected chi connectivity index (χ4v) is 4.09. The normalized spacial score (nSPS) is 10.8. The number of allylic oxidation sites excluding steroid dienone is 1. The Kier molecular flexibility index (Phi) is 5.18. The van der Waals surface area contributed by atoms with Crippen molar-refractivity contribution < 1.29 is 9.53 Å². The summed E-state index contributed by atoms with van der Waals surface area (Å²) < 4.78 is 8.75. The van der Waals surface area contributed by atoms with Gasteiger partial charge in [0.1, 0.15) is 11.5 Å². The van der Waals surface area contributed by atoms with E-state index in [1.807, 2.05) is 43.3 Å². The summed E-state index contributed by atoms with van der Waals surface area (Å²) in [6.45, 7) is 6.12. The fraction of sp³-hybridized carbons (Fsp3) is 0.130. The second-order valence-electron chi connectivity index (χ2n) is 6.88. The predicted molar refractivity (Wildman–Crippen MR) is 118 cm³/mol. The number of hydrogen-bond acceptors (Lipinski definition) is 4. The molecular formula is C23H21N3O2S. The Labute approximate surface area is 173 Å². The van der Waals surface area contributed by atoms with Gasteiger partial charge in [0.2, 0.25) is 0 Å². The van der Waals surface area contributed by atoms with E-state index in [2.05, 4.69) is 23.1 Å². The number of hydrogen-bond donors (Lipinski definition) is 1. The van der Waals surface area contributed by atoms with Crippen molar-refractivity contribution in [2.24, 2.45) is 7.05 Å². The van der Waals surface area contributed by atoms with Gasteiger partial charge in [0.05, 0.1) is 4.70 Å². The molecule has 1 N–H and O–H groups in total. The van der Waals surface area contributed by atoms with E-state index in [4.69, 9.17) is 4.74 Å². The standard InChI is InChI=1S/C23H21N3O2S/c1-15(11-17-7-5-4-6-8-17)28-20-14-19(13-18-12-16(2)29-22(18)20)23(27)24-21-9-10-26(3)25-21/h4-10,12-14H,1,11H2,2-3H3,(H,24,25,27). The minimum absolute atomic E-state index is 0.229. The third-order valence-corrected chi connectivity index (χ3v) is 5.50. The molecule has 0 aliphatic rings. The number of benzene rings is 2. The highest BCUT2D eigenvalue weighted by Gasteiger charge is 2.15. The van der Waals surface area contributed by atoms with Crippen LogP contribution < -0.4 is 10.1 Å². The van der Waals surface area contributed by atoms with Gasteiger partial charge in [0, 0.05) is 36.2 Å². The molecule has 0 unspecified atom stereocenters. The number of aryl methyl sites for hydroxylation is 2. The van der Waals surface area contributed by atoms with Crippen molar-refractivity contribution in [1.29, 1.82) is 0 Å². The number of carbonyl (C=O) groups excluding carboxylic acids is 1. The Balaban J connectivity index is 1.61. The van der Waals surface area contributed by atoms with Crippen molar-refractivity contribution in [3.05, 3.63) is 89.1 Å². The number of anilines is 1. The van der Waals surface area contributed by atoms with Crippen LogP contribution in [0.1, 0.15) is 20.8 Å². The highest BCUT2D eigenvalue weighted by molar-refractivity contribution is 7.19. The number of nitrogens with one attached hydrogen (secondary N) is 1. The average molecular weight is 404 g/mol. The third-order valence-electron chi connectivity index (χ3n) is 4.42. The summed E-state index contributed by atoms with van der Waals surface area (Å²) in [5, 5.41) is 8.00. The molecule has 0 fully saturated rings. The molecule has 6 heteroatoms. The van der Waals surface area contributed by atoms with Gasteiger partial charge in [-0.3, -0.25) is 9.48 Å². The molecule has 2 aromatic heterocycles. The molecule has 0 aliphatic heterocycles. The summed E-state index contributed by atoms with van der Waals surface area (Å²) in [6, 6.07) is 17.5. The number of thiophene rings is 1. The lowest BCUT2D eigenvalue weighted by atomic mass is 10.1. The number of aromatic nitrogens is 2. The molecule has 0 radical (unpaired) electrons. The lowest BCUT2D eigenvalue weighted by molar-refractivity contribution is 0.102. The minimum Gasteiger partial charge on any atom is -0.460 e. The van der Waals surface area contributed by atoms with Crippen molar-refractivity contribution in [2.45, 2.75) is 13.3 Å². The van der Waals surface area contributed by atoms with Crippen molar-refractivity contribution in [2.75, 3.05) is 5.32 Å². The van der Waals surface area contributed by atoms with Crippen LogP contribution >= 0.6 is 11.3 Å². The molecule has 5 nitrogen and oxygen atoms in total. The van der Waals surface area contributed by atoms with Gasteiger partial charge >= 0.3 is 0 Å². The second kappa shape index (κ2) is 7.93. The molecule has 4 rings (SSSR count). The summed E-state index contributed by atoms with van der Waals surface area (Å²) in [7, 11) is 1.81. The Bertz CT molecular complexity index is 1190. The smallest absolute Gasteiger partial charge is 0.257 e. The monoisotopic (exact) mass is 403 g/mol. The Morgan fingerprint density at radius 1 is 1.21 bits per heavy atom. The first-order valence-electron chi connectivity index (χ1n) is 9.23. The Hall–Kier alpha value is -3.38. The molecule has 0 spiro atoms. The third kappa shape index (κ3) is 4.38. The van der Waals surface area contributed by atoms with Crippen LogP contribution in [0.3, 0.4) is 0 Å². The van der Waals surface area contributed by atoms with Crippen LogP contribution in [-0.4, -0.2) is 15.7 Å². The molecule has 0 aliphatic carbocycles. The molecule has 146 valence electrons. The highest BCUT2D eigenvalue weighted by atomic mass is 32.1. The second-order valence-corrected chi connectivity index (χ2v) is 8.14. The molecular weight excluding hydrogens is 382 g/mol. The van der Waals surface area contributed by atoms with E-state index in [9.17, 15) is 4.79 Å². The van der Waals surface area contributed by atoms with E-state index < -0.39 is 0 Å². The highest BCUT2D eigenvalue weighted by Crippen LogP contribution is 2.36. The molecule has 4 aromatic rings. The van der Waals surface area contributed by atoms with Crippen LogP contribution in [0, 0.1) is 6.92 Å². The van der Waals surface area contributed by atoms with E-state index in [-0.39, 0.29) is 5.91 Å². The summed E-state index contributed by atoms with van der Waals surface area (Å²) in [5.74, 6) is 1.56. The molecule has 0 atom stereocenters. The van der Waals surface area contributed by atoms with Gasteiger partial charge in [-0.15, -0.1) is 11.3 Å². The van der Waals surface area contributed by atoms with Crippen LogP contribution in [-0.2, 0) is 13.5 Å². The Morgan fingerprint density at radius 3 is 2.72 bits per heavy atom. The minimum atomic E-state index is -0.229. The first kappa shape index (κ1) is 19.0. The van der Waals surface area contributed by atoms with Crippen LogP contribution in [0.4, 0.5) is 5.82 Å². The largest absolute Gasteiger partial charge is 0.460 e. The first-order valence-corrected chi connectivity index (χ1v) is 10.0. The summed E-state index contributed by atoms with van der Waals surface area (Å²) in [6.07, 6.45) is 2.39. The number of fused-ring (bicyclic) bond motifs is 1. The van der Waals surface area contributed by atoms with Crippen molar-refractivity contribution in [3.63, 3.8) is 0 Å². The maximum absolute atomic E-state index is 12.8. The molecule has 29 heavy (non-hydrogen) atoms. The maximum Gasteiger partial charge on any atom is 0.257 e. The number of carbonyl (C=O) groups is 1. The first-order chi connectivity index (χ1) is 14.0. The van der Waals surface area contributed by atoms with Crippen molar-refractivity contribution >= 4 is 33.1 Å². The lowest BCUT2D eigenvalue weighted by Crippen LogP contribution is -2.13. The van der Waals surface area contributed by atoms with Gasteiger partial charge < -0.3 is 10.1 Å². The fourth-order valence-electron chi connectivity index (χ4n) is 3.14. The van der Waals surface area contributed by atoms with Crippen molar-refractivity contribution in [3.8, 4) is 5.75 Å². The van der Waals surface area contributed by atoms with Crippen molar-refractivity contribution in [1.82, 2.24) is 9.78 Å². The molecule has 0 bridgehead atoms. The number of amides is 1. The van der Waals surface area contributed by atoms with E-state index >= 15 is 0 Å². The summed E-state index contributed by atoms with van der Waals surface area (Å²) >= 11 is 1.64. The van der Waals surface area contributed by atoms with E-state index in [1.165, 1.54) is 0 Å². The Morgan fingerprint density at radius 2 is 2.00 bits per heavy atom. The number of rotatable bonds is 6. The summed E-state index contributed by atoms with van der Waals surface area (Å²) in [5.41, 5.74) is 1.64.